The van der Waals surface area contributed by atoms with Crippen molar-refractivity contribution in [3.05, 3.63) is 23.3 Å². The van der Waals surface area contributed by atoms with Crippen LogP contribution < -0.4 is 10.1 Å². The molecule has 1 saturated carbocycles. The van der Waals surface area contributed by atoms with Crippen molar-refractivity contribution in [2.75, 3.05) is 19.0 Å². The van der Waals surface area contributed by atoms with Crippen LogP contribution in [-0.2, 0) is 9.53 Å². The van der Waals surface area contributed by atoms with Crippen molar-refractivity contribution in [1.29, 1.82) is 0 Å². The lowest BCUT2D eigenvalue weighted by atomic mass is 9.92. The molecule has 4 heteroatoms. The van der Waals surface area contributed by atoms with Crippen LogP contribution in [0.1, 0.15) is 56.6 Å². The molecule has 1 aromatic rings. The molecule has 23 heavy (non-hydrogen) atoms. The molecule has 128 valence electrons. The highest BCUT2D eigenvalue weighted by molar-refractivity contribution is 5.97. The standard InChI is InChI=1S/C19H29NO3/c1-5-23-19(10-8-6-7-9-11-19)18(21)20-16-12-14(2)17(22-4)15(3)13-16/h12-13H,5-11H2,1-4H3,(H,20,21). The summed E-state index contributed by atoms with van der Waals surface area (Å²) in [7, 11) is 1.67. The van der Waals surface area contributed by atoms with Gasteiger partial charge in [0.05, 0.1) is 7.11 Å². The van der Waals surface area contributed by atoms with Gasteiger partial charge in [0.25, 0.3) is 5.91 Å². The molecule has 0 heterocycles. The second-order valence-electron chi connectivity index (χ2n) is 6.44. The summed E-state index contributed by atoms with van der Waals surface area (Å²) < 4.78 is 11.3. The summed E-state index contributed by atoms with van der Waals surface area (Å²) >= 11 is 0. The monoisotopic (exact) mass is 319 g/mol. The van der Waals surface area contributed by atoms with E-state index >= 15 is 0 Å². The van der Waals surface area contributed by atoms with E-state index in [4.69, 9.17) is 9.47 Å². The predicted octanol–water partition coefficient (Wildman–Crippen LogP) is 4.38. The fraction of sp³-hybridized carbons (Fsp3) is 0.632. The fourth-order valence-electron chi connectivity index (χ4n) is 3.60. The number of rotatable bonds is 5. The van der Waals surface area contributed by atoms with E-state index in [0.717, 1.165) is 48.2 Å². The maximum absolute atomic E-state index is 12.9. The van der Waals surface area contributed by atoms with Crippen LogP contribution >= 0.6 is 0 Å². The van der Waals surface area contributed by atoms with Gasteiger partial charge in [-0.05, 0) is 56.9 Å². The minimum Gasteiger partial charge on any atom is -0.496 e. The Balaban J connectivity index is 2.21. The molecule has 0 saturated heterocycles. The molecule has 0 bridgehead atoms. The average molecular weight is 319 g/mol. The topological polar surface area (TPSA) is 47.6 Å². The third-order valence-electron chi connectivity index (χ3n) is 4.67. The van der Waals surface area contributed by atoms with Gasteiger partial charge in [0.15, 0.2) is 0 Å². The molecule has 0 radical (unpaired) electrons. The van der Waals surface area contributed by atoms with Gasteiger partial charge in [-0.2, -0.15) is 0 Å². The summed E-state index contributed by atoms with van der Waals surface area (Å²) in [5, 5.41) is 3.08. The largest absolute Gasteiger partial charge is 0.496 e. The summed E-state index contributed by atoms with van der Waals surface area (Å²) in [4.78, 5) is 12.9. The van der Waals surface area contributed by atoms with E-state index in [1.807, 2.05) is 32.9 Å². The second-order valence-corrected chi connectivity index (χ2v) is 6.44. The Morgan fingerprint density at radius 3 is 2.17 bits per heavy atom. The summed E-state index contributed by atoms with van der Waals surface area (Å²) in [6, 6.07) is 3.92. The van der Waals surface area contributed by atoms with Gasteiger partial charge in [-0.1, -0.05) is 25.7 Å². The lowest BCUT2D eigenvalue weighted by molar-refractivity contribution is -0.143. The number of aryl methyl sites for hydroxylation is 2. The van der Waals surface area contributed by atoms with Crippen molar-refractivity contribution in [3.8, 4) is 5.75 Å². The normalized spacial score (nSPS) is 17.4. The van der Waals surface area contributed by atoms with Crippen LogP contribution in [-0.4, -0.2) is 25.2 Å². The van der Waals surface area contributed by atoms with Crippen molar-refractivity contribution in [1.82, 2.24) is 0 Å². The van der Waals surface area contributed by atoms with Crippen LogP contribution in [0.5, 0.6) is 5.75 Å². The third-order valence-corrected chi connectivity index (χ3v) is 4.67. The molecular weight excluding hydrogens is 290 g/mol. The number of nitrogens with one attached hydrogen (secondary N) is 1. The highest BCUT2D eigenvalue weighted by Crippen LogP contribution is 2.33. The summed E-state index contributed by atoms with van der Waals surface area (Å²) in [6.07, 6.45) is 6.08. The highest BCUT2D eigenvalue weighted by atomic mass is 16.5. The Morgan fingerprint density at radius 1 is 1.13 bits per heavy atom. The van der Waals surface area contributed by atoms with Gasteiger partial charge in [-0.25, -0.2) is 0 Å². The number of anilines is 1. The first kappa shape index (κ1) is 17.8. The molecule has 2 rings (SSSR count). The maximum Gasteiger partial charge on any atom is 0.256 e. The van der Waals surface area contributed by atoms with Gasteiger partial charge in [0, 0.05) is 12.3 Å². The van der Waals surface area contributed by atoms with Crippen LogP contribution in [0.15, 0.2) is 12.1 Å². The molecule has 0 aromatic heterocycles. The van der Waals surface area contributed by atoms with Crippen molar-refractivity contribution in [2.24, 2.45) is 0 Å². The van der Waals surface area contributed by atoms with E-state index < -0.39 is 5.60 Å². The zero-order valence-electron chi connectivity index (χ0n) is 14.8. The average Bonchev–Trinajstić information content (AvgIpc) is 2.74. The molecule has 1 aliphatic carbocycles. The van der Waals surface area contributed by atoms with Crippen LogP contribution in [0.3, 0.4) is 0 Å². The summed E-state index contributed by atoms with van der Waals surface area (Å²) in [5.41, 5.74) is 2.19. The molecule has 0 spiro atoms. The first-order valence-electron chi connectivity index (χ1n) is 8.63. The van der Waals surface area contributed by atoms with Crippen LogP contribution in [0.25, 0.3) is 0 Å². The van der Waals surface area contributed by atoms with Gasteiger partial charge in [0.2, 0.25) is 0 Å². The third kappa shape index (κ3) is 4.05. The number of methoxy groups -OCH3 is 1. The van der Waals surface area contributed by atoms with Crippen LogP contribution in [0.2, 0.25) is 0 Å². The Labute approximate surface area is 139 Å². The van der Waals surface area contributed by atoms with Gasteiger partial charge in [0.1, 0.15) is 11.4 Å². The maximum atomic E-state index is 12.9. The number of carbonyl (C=O) groups excluding carboxylic acids is 1. The van der Waals surface area contributed by atoms with E-state index in [9.17, 15) is 4.79 Å². The van der Waals surface area contributed by atoms with E-state index in [1.54, 1.807) is 7.11 Å². The lowest BCUT2D eigenvalue weighted by Crippen LogP contribution is -2.45. The van der Waals surface area contributed by atoms with E-state index in [0.29, 0.717) is 6.61 Å². The van der Waals surface area contributed by atoms with Crippen molar-refractivity contribution < 1.29 is 14.3 Å². The first-order valence-corrected chi connectivity index (χ1v) is 8.63. The van der Waals surface area contributed by atoms with Gasteiger partial charge >= 0.3 is 0 Å². The number of hydrogen-bond acceptors (Lipinski definition) is 3. The van der Waals surface area contributed by atoms with Crippen LogP contribution in [0.4, 0.5) is 5.69 Å². The Morgan fingerprint density at radius 2 is 1.70 bits per heavy atom. The number of hydrogen-bond donors (Lipinski definition) is 1. The molecule has 0 atom stereocenters. The lowest BCUT2D eigenvalue weighted by Gasteiger charge is -2.31. The van der Waals surface area contributed by atoms with Gasteiger partial charge in [-0.15, -0.1) is 0 Å². The Hall–Kier alpha value is -1.55. The zero-order chi connectivity index (χ0) is 16.9. The quantitative estimate of drug-likeness (QED) is 0.819. The molecular formula is C19H29NO3. The SMILES string of the molecule is CCOC1(C(=O)Nc2cc(C)c(OC)c(C)c2)CCCCCC1. The van der Waals surface area contributed by atoms with Crippen molar-refractivity contribution in [3.63, 3.8) is 0 Å². The molecule has 0 unspecified atom stereocenters. The second kappa shape index (κ2) is 7.82. The number of amides is 1. The Kier molecular flexibility index (Phi) is 6.05. The predicted molar refractivity (Wildman–Crippen MR) is 93.2 cm³/mol. The summed E-state index contributed by atoms with van der Waals surface area (Å²) in [6.45, 7) is 6.51. The molecule has 0 aliphatic heterocycles. The van der Waals surface area contributed by atoms with Crippen molar-refractivity contribution >= 4 is 11.6 Å². The first-order chi connectivity index (χ1) is 11.0. The van der Waals surface area contributed by atoms with E-state index in [2.05, 4.69) is 5.32 Å². The molecule has 1 amide bonds. The highest BCUT2D eigenvalue weighted by Gasteiger charge is 2.39. The van der Waals surface area contributed by atoms with E-state index in [-0.39, 0.29) is 5.91 Å². The van der Waals surface area contributed by atoms with Gasteiger partial charge in [-0.3, -0.25) is 4.79 Å². The minimum atomic E-state index is -0.674. The number of carbonyl (C=O) groups is 1. The zero-order valence-corrected chi connectivity index (χ0v) is 14.8. The molecule has 1 fully saturated rings. The molecule has 1 aromatic carbocycles. The Bertz CT molecular complexity index is 523. The fourth-order valence-corrected chi connectivity index (χ4v) is 3.60. The number of benzene rings is 1. The van der Waals surface area contributed by atoms with Gasteiger partial charge < -0.3 is 14.8 Å². The molecule has 1 aliphatic rings. The van der Waals surface area contributed by atoms with Crippen LogP contribution in [0, 0.1) is 13.8 Å². The van der Waals surface area contributed by atoms with Crippen molar-refractivity contribution in [2.45, 2.75) is 64.9 Å². The minimum absolute atomic E-state index is 0.00906. The summed E-state index contributed by atoms with van der Waals surface area (Å²) in [5.74, 6) is 0.863. The smallest absolute Gasteiger partial charge is 0.256 e. The van der Waals surface area contributed by atoms with E-state index in [1.165, 1.54) is 12.8 Å². The molecule has 4 nitrogen and oxygen atoms in total. The number of ether oxygens (including phenoxy) is 2. The molecule has 1 N–H and O–H groups in total.